The summed E-state index contributed by atoms with van der Waals surface area (Å²) in [7, 11) is 0. The van der Waals surface area contributed by atoms with Gasteiger partial charge in [-0.3, -0.25) is 14.8 Å². The number of rotatable bonds is 7. The van der Waals surface area contributed by atoms with E-state index in [0.717, 1.165) is 28.0 Å². The summed E-state index contributed by atoms with van der Waals surface area (Å²) in [5.74, 6) is 0.664. The average Bonchev–Trinajstić information content (AvgIpc) is 2.71. The molecular weight excluding hydrogens is 350 g/mol. The van der Waals surface area contributed by atoms with Crippen LogP contribution in [0.4, 0.5) is 0 Å². The molecule has 3 rings (SSSR count). The summed E-state index contributed by atoms with van der Waals surface area (Å²) in [5.41, 5.74) is 4.05. The second-order valence-corrected chi connectivity index (χ2v) is 6.95. The summed E-state index contributed by atoms with van der Waals surface area (Å²) in [6.45, 7) is 6.71. The van der Waals surface area contributed by atoms with Gasteiger partial charge in [-0.1, -0.05) is 24.3 Å². The maximum atomic E-state index is 13.2. The van der Waals surface area contributed by atoms with Gasteiger partial charge in [0, 0.05) is 37.9 Å². The normalized spacial score (nSPS) is 11.7. The Hall–Kier alpha value is -3.21. The number of ether oxygens (including phenoxy) is 1. The number of aryl methyl sites for hydroxylation is 2. The molecule has 0 fully saturated rings. The van der Waals surface area contributed by atoms with Gasteiger partial charge in [-0.15, -0.1) is 0 Å². The minimum Gasteiger partial charge on any atom is -0.481 e. The largest absolute Gasteiger partial charge is 0.481 e. The molecule has 0 bridgehead atoms. The summed E-state index contributed by atoms with van der Waals surface area (Å²) in [4.78, 5) is 23.3. The van der Waals surface area contributed by atoms with Crippen molar-refractivity contribution in [3.05, 3.63) is 89.5 Å². The Morgan fingerprint density at radius 1 is 1.00 bits per heavy atom. The highest BCUT2D eigenvalue weighted by molar-refractivity contribution is 5.81. The molecule has 5 heteroatoms. The first-order valence-corrected chi connectivity index (χ1v) is 9.33. The van der Waals surface area contributed by atoms with Gasteiger partial charge in [-0.2, -0.15) is 0 Å². The van der Waals surface area contributed by atoms with E-state index in [2.05, 4.69) is 9.97 Å². The van der Waals surface area contributed by atoms with Crippen LogP contribution in [0.25, 0.3) is 0 Å². The van der Waals surface area contributed by atoms with Crippen LogP contribution in [0.5, 0.6) is 5.75 Å². The molecule has 1 atom stereocenters. The fourth-order valence-electron chi connectivity index (χ4n) is 2.97. The smallest absolute Gasteiger partial charge is 0.263 e. The van der Waals surface area contributed by atoms with E-state index in [1.165, 1.54) is 0 Å². The van der Waals surface area contributed by atoms with Crippen LogP contribution < -0.4 is 4.74 Å². The number of amides is 1. The van der Waals surface area contributed by atoms with Crippen molar-refractivity contribution in [2.45, 2.75) is 40.0 Å². The topological polar surface area (TPSA) is 55.3 Å². The van der Waals surface area contributed by atoms with Gasteiger partial charge < -0.3 is 9.64 Å². The first-order valence-electron chi connectivity index (χ1n) is 9.33. The van der Waals surface area contributed by atoms with Crippen LogP contribution in [0.1, 0.15) is 29.2 Å². The lowest BCUT2D eigenvalue weighted by Crippen LogP contribution is -2.39. The van der Waals surface area contributed by atoms with Gasteiger partial charge in [0.2, 0.25) is 0 Å². The first kappa shape index (κ1) is 19.5. The van der Waals surface area contributed by atoms with Crippen molar-refractivity contribution in [1.29, 1.82) is 0 Å². The highest BCUT2D eigenvalue weighted by Crippen LogP contribution is 2.21. The van der Waals surface area contributed by atoms with Gasteiger partial charge in [-0.05, 0) is 61.2 Å². The van der Waals surface area contributed by atoms with Crippen LogP contribution >= 0.6 is 0 Å². The molecule has 1 unspecified atom stereocenters. The Bertz CT molecular complexity index is 872. The standard InChI is InChI=1S/C23H25N3O2/c1-17-8-9-18(2)22(12-17)28-19(3)23(27)26(15-20-6-4-10-24-13-20)16-21-7-5-11-25-14-21/h4-14,19H,15-16H2,1-3H3. The Kier molecular flexibility index (Phi) is 6.37. The third kappa shape index (κ3) is 5.16. The van der Waals surface area contributed by atoms with Gasteiger partial charge in [0.05, 0.1) is 0 Å². The number of carbonyl (C=O) groups is 1. The quantitative estimate of drug-likeness (QED) is 0.624. The summed E-state index contributed by atoms with van der Waals surface area (Å²) >= 11 is 0. The zero-order valence-corrected chi connectivity index (χ0v) is 16.5. The fourth-order valence-corrected chi connectivity index (χ4v) is 2.97. The zero-order chi connectivity index (χ0) is 19.9. The lowest BCUT2D eigenvalue weighted by molar-refractivity contribution is -0.139. The number of carbonyl (C=O) groups excluding carboxylic acids is 1. The number of nitrogens with zero attached hydrogens (tertiary/aromatic N) is 3. The van der Waals surface area contributed by atoms with E-state index in [4.69, 9.17) is 4.74 Å². The van der Waals surface area contributed by atoms with Gasteiger partial charge >= 0.3 is 0 Å². The van der Waals surface area contributed by atoms with E-state index in [0.29, 0.717) is 13.1 Å². The van der Waals surface area contributed by atoms with Crippen LogP contribution in [0, 0.1) is 13.8 Å². The van der Waals surface area contributed by atoms with E-state index in [-0.39, 0.29) is 5.91 Å². The molecule has 0 aliphatic heterocycles. The molecule has 3 aromatic rings. The van der Waals surface area contributed by atoms with Gasteiger partial charge in [0.25, 0.3) is 5.91 Å². The van der Waals surface area contributed by atoms with Crippen molar-refractivity contribution < 1.29 is 9.53 Å². The summed E-state index contributed by atoms with van der Waals surface area (Å²) in [6.07, 6.45) is 6.40. The molecule has 0 saturated carbocycles. The van der Waals surface area contributed by atoms with Crippen LogP contribution in [-0.2, 0) is 17.9 Å². The van der Waals surface area contributed by atoms with Crippen LogP contribution in [-0.4, -0.2) is 26.9 Å². The van der Waals surface area contributed by atoms with Crippen LogP contribution in [0.2, 0.25) is 0 Å². The Morgan fingerprint density at radius 2 is 1.61 bits per heavy atom. The number of hydrogen-bond acceptors (Lipinski definition) is 4. The summed E-state index contributed by atoms with van der Waals surface area (Å²) in [6, 6.07) is 13.7. The molecule has 28 heavy (non-hydrogen) atoms. The molecular formula is C23H25N3O2. The molecule has 0 spiro atoms. The van der Waals surface area contributed by atoms with Gasteiger partial charge in [0.1, 0.15) is 5.75 Å². The molecule has 0 saturated heterocycles. The highest BCUT2D eigenvalue weighted by Gasteiger charge is 2.23. The maximum Gasteiger partial charge on any atom is 0.263 e. The summed E-state index contributed by atoms with van der Waals surface area (Å²) in [5, 5.41) is 0. The average molecular weight is 375 g/mol. The molecule has 0 radical (unpaired) electrons. The van der Waals surface area contributed by atoms with E-state index < -0.39 is 6.10 Å². The predicted molar refractivity (Wildman–Crippen MR) is 109 cm³/mol. The van der Waals surface area contributed by atoms with Gasteiger partial charge in [-0.25, -0.2) is 0 Å². The minimum absolute atomic E-state index is 0.0754. The van der Waals surface area contributed by atoms with Crippen molar-refractivity contribution in [2.24, 2.45) is 0 Å². The fraction of sp³-hybridized carbons (Fsp3) is 0.261. The zero-order valence-electron chi connectivity index (χ0n) is 16.5. The lowest BCUT2D eigenvalue weighted by Gasteiger charge is -2.26. The number of aromatic nitrogens is 2. The van der Waals surface area contributed by atoms with Gasteiger partial charge in [0.15, 0.2) is 6.10 Å². The molecule has 5 nitrogen and oxygen atoms in total. The second-order valence-electron chi connectivity index (χ2n) is 6.95. The van der Waals surface area contributed by atoms with E-state index in [1.807, 2.05) is 56.3 Å². The molecule has 1 aromatic carbocycles. The monoisotopic (exact) mass is 375 g/mol. The van der Waals surface area contributed by atoms with Crippen molar-refractivity contribution >= 4 is 5.91 Å². The van der Waals surface area contributed by atoms with Crippen LogP contribution in [0.15, 0.2) is 67.3 Å². The lowest BCUT2D eigenvalue weighted by atomic mass is 10.1. The van der Waals surface area contributed by atoms with E-state index in [1.54, 1.807) is 36.6 Å². The first-order chi connectivity index (χ1) is 13.5. The minimum atomic E-state index is -0.603. The van der Waals surface area contributed by atoms with Crippen molar-refractivity contribution in [1.82, 2.24) is 14.9 Å². The second kappa shape index (κ2) is 9.13. The molecule has 0 aliphatic rings. The Balaban J connectivity index is 1.79. The number of hydrogen-bond donors (Lipinski definition) is 0. The Morgan fingerprint density at radius 3 is 2.14 bits per heavy atom. The third-order valence-electron chi connectivity index (χ3n) is 4.50. The number of pyridine rings is 2. The molecule has 1 amide bonds. The molecule has 144 valence electrons. The SMILES string of the molecule is Cc1ccc(C)c(OC(C)C(=O)N(Cc2cccnc2)Cc2cccnc2)c1. The molecule has 0 aliphatic carbocycles. The predicted octanol–water partition coefficient (Wildman–Crippen LogP) is 4.09. The highest BCUT2D eigenvalue weighted by atomic mass is 16.5. The van der Waals surface area contributed by atoms with Crippen LogP contribution in [0.3, 0.4) is 0 Å². The number of benzene rings is 1. The van der Waals surface area contributed by atoms with Crippen molar-refractivity contribution in [3.8, 4) is 5.75 Å². The Labute approximate surface area is 166 Å². The molecule has 2 heterocycles. The summed E-state index contributed by atoms with van der Waals surface area (Å²) < 4.78 is 6.02. The third-order valence-corrected chi connectivity index (χ3v) is 4.50. The van der Waals surface area contributed by atoms with E-state index >= 15 is 0 Å². The van der Waals surface area contributed by atoms with Crippen molar-refractivity contribution in [2.75, 3.05) is 0 Å². The van der Waals surface area contributed by atoms with Crippen molar-refractivity contribution in [3.63, 3.8) is 0 Å². The molecule has 2 aromatic heterocycles. The molecule has 0 N–H and O–H groups in total. The van der Waals surface area contributed by atoms with E-state index in [9.17, 15) is 4.79 Å². The maximum absolute atomic E-state index is 13.2.